The van der Waals surface area contributed by atoms with E-state index < -0.39 is 4.92 Å². The molecule has 0 bridgehead atoms. The van der Waals surface area contributed by atoms with E-state index in [1.807, 2.05) is 20.8 Å². The quantitative estimate of drug-likeness (QED) is 0.609. The minimum Gasteiger partial charge on any atom is -0.496 e. The number of rotatable bonds is 4. The van der Waals surface area contributed by atoms with Crippen molar-refractivity contribution in [3.8, 4) is 11.5 Å². The third-order valence-electron chi connectivity index (χ3n) is 3.00. The average Bonchev–Trinajstić information content (AvgIpc) is 2.32. The third-order valence-corrected chi connectivity index (χ3v) is 3.00. The fourth-order valence-corrected chi connectivity index (χ4v) is 2.02. The largest absolute Gasteiger partial charge is 0.496 e. The Morgan fingerprint density at radius 1 is 1.00 bits per heavy atom. The number of ether oxygens (including phenoxy) is 2. The number of nitrogens with zero attached hydrogens (tertiary/aromatic N) is 1. The summed E-state index contributed by atoms with van der Waals surface area (Å²) in [5.74, 6) is 1.38. The summed E-state index contributed by atoms with van der Waals surface area (Å²) in [5.41, 5.74) is 3.40. The van der Waals surface area contributed by atoms with Gasteiger partial charge in [-0.1, -0.05) is 0 Å². The van der Waals surface area contributed by atoms with E-state index in [4.69, 9.17) is 9.47 Å². The fourth-order valence-electron chi connectivity index (χ4n) is 2.02. The molecule has 5 heteroatoms. The maximum absolute atomic E-state index is 10.4. The topological polar surface area (TPSA) is 61.6 Å². The highest BCUT2D eigenvalue weighted by Crippen LogP contribution is 2.38. The van der Waals surface area contributed by atoms with Crippen LogP contribution in [0.15, 0.2) is 6.20 Å². The van der Waals surface area contributed by atoms with Crippen molar-refractivity contribution in [1.82, 2.24) is 0 Å². The summed E-state index contributed by atoms with van der Waals surface area (Å²) in [7, 11) is 3.14. The van der Waals surface area contributed by atoms with E-state index in [1.165, 1.54) is 6.08 Å². The molecule has 18 heavy (non-hydrogen) atoms. The zero-order valence-corrected chi connectivity index (χ0v) is 11.2. The monoisotopic (exact) mass is 251 g/mol. The fraction of sp³-hybridized carbons (Fsp3) is 0.385. The second-order valence-electron chi connectivity index (χ2n) is 3.96. The standard InChI is InChI=1S/C13H17NO4/c1-8-9(2)13(18-5)11(6-7-14(15)16)10(3)12(8)17-4/h6-7H,1-5H3/b7-6+. The molecule has 5 nitrogen and oxygen atoms in total. The van der Waals surface area contributed by atoms with Crippen molar-refractivity contribution in [1.29, 1.82) is 0 Å². The SMILES string of the molecule is COc1c(C)c(C)c(OC)c(/C=C/[N+](=O)[O-])c1C. The van der Waals surface area contributed by atoms with Crippen LogP contribution in [-0.4, -0.2) is 19.1 Å². The van der Waals surface area contributed by atoms with E-state index in [9.17, 15) is 10.1 Å². The predicted molar refractivity (Wildman–Crippen MR) is 69.8 cm³/mol. The van der Waals surface area contributed by atoms with Gasteiger partial charge in [-0.2, -0.15) is 0 Å². The minimum absolute atomic E-state index is 0.499. The molecule has 0 radical (unpaired) electrons. The first-order valence-corrected chi connectivity index (χ1v) is 5.47. The Morgan fingerprint density at radius 3 is 1.94 bits per heavy atom. The van der Waals surface area contributed by atoms with Crippen molar-refractivity contribution < 1.29 is 14.4 Å². The van der Waals surface area contributed by atoms with Crippen LogP contribution in [0.5, 0.6) is 11.5 Å². The molecular weight excluding hydrogens is 234 g/mol. The van der Waals surface area contributed by atoms with Gasteiger partial charge in [-0.15, -0.1) is 0 Å². The maximum atomic E-state index is 10.4. The third kappa shape index (κ3) is 2.45. The van der Waals surface area contributed by atoms with Gasteiger partial charge in [0.05, 0.1) is 19.1 Å². The van der Waals surface area contributed by atoms with Crippen LogP contribution in [0.2, 0.25) is 0 Å². The zero-order valence-electron chi connectivity index (χ0n) is 11.2. The van der Waals surface area contributed by atoms with E-state index in [2.05, 4.69) is 0 Å². The van der Waals surface area contributed by atoms with Gasteiger partial charge < -0.3 is 9.47 Å². The molecule has 0 unspecified atom stereocenters. The van der Waals surface area contributed by atoms with Crippen LogP contribution in [0, 0.1) is 30.9 Å². The molecular formula is C13H17NO4. The van der Waals surface area contributed by atoms with Crippen molar-refractivity contribution in [2.24, 2.45) is 0 Å². The molecule has 0 aromatic heterocycles. The van der Waals surface area contributed by atoms with Gasteiger partial charge in [0.2, 0.25) is 6.20 Å². The van der Waals surface area contributed by atoms with Crippen molar-refractivity contribution >= 4 is 6.08 Å². The normalized spacial score (nSPS) is 10.7. The second kappa shape index (κ2) is 5.53. The smallest absolute Gasteiger partial charge is 0.235 e. The molecule has 0 amide bonds. The lowest BCUT2D eigenvalue weighted by molar-refractivity contribution is -0.400. The van der Waals surface area contributed by atoms with Gasteiger partial charge in [0.25, 0.3) is 0 Å². The summed E-state index contributed by atoms with van der Waals surface area (Å²) in [6.07, 6.45) is 2.34. The zero-order chi connectivity index (χ0) is 13.9. The summed E-state index contributed by atoms with van der Waals surface area (Å²) in [6.45, 7) is 5.69. The molecule has 0 atom stereocenters. The lowest BCUT2D eigenvalue weighted by Gasteiger charge is -2.18. The highest BCUT2D eigenvalue weighted by molar-refractivity contribution is 5.69. The van der Waals surface area contributed by atoms with Gasteiger partial charge in [-0.05, 0) is 31.9 Å². The molecule has 0 aliphatic rings. The molecule has 98 valence electrons. The van der Waals surface area contributed by atoms with E-state index in [1.54, 1.807) is 14.2 Å². The van der Waals surface area contributed by atoms with Gasteiger partial charge in [-0.3, -0.25) is 10.1 Å². The van der Waals surface area contributed by atoms with Gasteiger partial charge in [0.1, 0.15) is 11.5 Å². The molecule has 0 heterocycles. The summed E-state index contributed by atoms with van der Waals surface area (Å²) >= 11 is 0. The van der Waals surface area contributed by atoms with Crippen LogP contribution >= 0.6 is 0 Å². The number of hydrogen-bond donors (Lipinski definition) is 0. The molecule has 0 aliphatic heterocycles. The van der Waals surface area contributed by atoms with Crippen LogP contribution in [0.25, 0.3) is 6.08 Å². The number of methoxy groups -OCH3 is 2. The van der Waals surface area contributed by atoms with Crippen LogP contribution in [0.1, 0.15) is 22.3 Å². The van der Waals surface area contributed by atoms with Crippen molar-refractivity contribution in [3.63, 3.8) is 0 Å². The van der Waals surface area contributed by atoms with E-state index in [-0.39, 0.29) is 0 Å². The van der Waals surface area contributed by atoms with Crippen LogP contribution in [-0.2, 0) is 0 Å². The average molecular weight is 251 g/mol. The molecule has 1 aromatic carbocycles. The Bertz CT molecular complexity index is 506. The Kier molecular flexibility index (Phi) is 4.31. The summed E-state index contributed by atoms with van der Waals surface area (Å²) in [5, 5.41) is 10.4. The highest BCUT2D eigenvalue weighted by atomic mass is 16.6. The molecule has 0 aliphatic carbocycles. The van der Waals surface area contributed by atoms with Crippen LogP contribution in [0.4, 0.5) is 0 Å². The van der Waals surface area contributed by atoms with Crippen molar-refractivity contribution in [3.05, 3.63) is 38.6 Å². The van der Waals surface area contributed by atoms with E-state index >= 15 is 0 Å². The molecule has 0 N–H and O–H groups in total. The first-order chi connectivity index (χ1) is 8.43. The Hall–Kier alpha value is -2.04. The van der Waals surface area contributed by atoms with Crippen LogP contribution in [0.3, 0.4) is 0 Å². The van der Waals surface area contributed by atoms with E-state index in [0.29, 0.717) is 11.3 Å². The van der Waals surface area contributed by atoms with Gasteiger partial charge in [0.15, 0.2) is 0 Å². The Morgan fingerprint density at radius 2 is 1.50 bits per heavy atom. The second-order valence-corrected chi connectivity index (χ2v) is 3.96. The molecule has 1 aromatic rings. The first kappa shape index (κ1) is 14.0. The molecule has 0 saturated heterocycles. The number of hydrogen-bond acceptors (Lipinski definition) is 4. The Balaban J connectivity index is 3.56. The lowest BCUT2D eigenvalue weighted by atomic mass is 9.97. The molecule has 0 saturated carbocycles. The molecule has 1 rings (SSSR count). The summed E-state index contributed by atoms with van der Waals surface area (Å²) < 4.78 is 10.7. The highest BCUT2D eigenvalue weighted by Gasteiger charge is 2.17. The summed E-state index contributed by atoms with van der Waals surface area (Å²) in [4.78, 5) is 9.94. The Labute approximate surface area is 106 Å². The van der Waals surface area contributed by atoms with Crippen molar-refractivity contribution in [2.75, 3.05) is 14.2 Å². The van der Waals surface area contributed by atoms with Gasteiger partial charge in [0, 0.05) is 17.2 Å². The predicted octanol–water partition coefficient (Wildman–Crippen LogP) is 2.88. The number of nitro groups is 1. The summed E-state index contributed by atoms with van der Waals surface area (Å²) in [6, 6.07) is 0. The van der Waals surface area contributed by atoms with Gasteiger partial charge in [-0.25, -0.2) is 0 Å². The number of benzene rings is 1. The maximum Gasteiger partial charge on any atom is 0.235 e. The van der Waals surface area contributed by atoms with Crippen molar-refractivity contribution in [2.45, 2.75) is 20.8 Å². The molecule has 0 fully saturated rings. The van der Waals surface area contributed by atoms with Gasteiger partial charge >= 0.3 is 0 Å². The van der Waals surface area contributed by atoms with E-state index in [0.717, 1.165) is 28.6 Å². The van der Waals surface area contributed by atoms with Crippen LogP contribution < -0.4 is 9.47 Å². The minimum atomic E-state index is -0.499. The molecule has 0 spiro atoms. The lowest BCUT2D eigenvalue weighted by Crippen LogP contribution is -2.01. The first-order valence-electron chi connectivity index (χ1n) is 5.47.